The zero-order valence-electron chi connectivity index (χ0n) is 19.0. The standard InChI is InChI=1S/C26H26N6OS/c1-31(15-18-6-3-2-4-7-18)16-19-12-23-25(34-19)14-27-26(29-23)32-10-11-33-24(17-32)20-8-5-9-22-21(20)13-28-30-22/h2-9,12-14,24H,10-11,15-17H2,1H3,(H,28,30). The smallest absolute Gasteiger partial charge is 0.226 e. The van der Waals surface area contributed by atoms with Crippen LogP contribution in [0.2, 0.25) is 0 Å². The zero-order chi connectivity index (χ0) is 22.9. The van der Waals surface area contributed by atoms with Gasteiger partial charge in [-0.1, -0.05) is 42.5 Å². The molecule has 1 N–H and O–H groups in total. The van der Waals surface area contributed by atoms with E-state index >= 15 is 0 Å². The van der Waals surface area contributed by atoms with Crippen molar-refractivity contribution in [3.63, 3.8) is 0 Å². The van der Waals surface area contributed by atoms with Crippen molar-refractivity contribution in [2.24, 2.45) is 0 Å². The summed E-state index contributed by atoms with van der Waals surface area (Å²) in [5.41, 5.74) is 4.51. The summed E-state index contributed by atoms with van der Waals surface area (Å²) >= 11 is 1.77. The monoisotopic (exact) mass is 470 g/mol. The van der Waals surface area contributed by atoms with E-state index in [-0.39, 0.29) is 6.10 Å². The van der Waals surface area contributed by atoms with Crippen LogP contribution in [-0.4, -0.2) is 51.8 Å². The molecule has 1 aliphatic heterocycles. The van der Waals surface area contributed by atoms with Gasteiger partial charge in [-0.25, -0.2) is 9.97 Å². The highest BCUT2D eigenvalue weighted by atomic mass is 32.1. The first-order chi connectivity index (χ1) is 16.7. The third kappa shape index (κ3) is 4.27. The molecule has 1 saturated heterocycles. The van der Waals surface area contributed by atoms with Gasteiger partial charge >= 0.3 is 0 Å². The molecule has 5 aromatic rings. The molecule has 1 unspecified atom stereocenters. The van der Waals surface area contributed by atoms with Gasteiger partial charge < -0.3 is 9.64 Å². The first-order valence-electron chi connectivity index (χ1n) is 11.5. The minimum atomic E-state index is -0.0426. The van der Waals surface area contributed by atoms with Crippen LogP contribution in [0.3, 0.4) is 0 Å². The Morgan fingerprint density at radius 3 is 2.94 bits per heavy atom. The van der Waals surface area contributed by atoms with Gasteiger partial charge in [0.1, 0.15) is 6.10 Å². The highest BCUT2D eigenvalue weighted by Crippen LogP contribution is 2.31. The predicted octanol–water partition coefficient (Wildman–Crippen LogP) is 4.78. The molecule has 8 heteroatoms. The maximum Gasteiger partial charge on any atom is 0.226 e. The number of anilines is 1. The van der Waals surface area contributed by atoms with E-state index in [9.17, 15) is 0 Å². The minimum absolute atomic E-state index is 0.0426. The summed E-state index contributed by atoms with van der Waals surface area (Å²) in [6, 6.07) is 19.0. The molecule has 172 valence electrons. The van der Waals surface area contributed by atoms with Crippen molar-refractivity contribution in [3.8, 4) is 0 Å². The highest BCUT2D eigenvalue weighted by molar-refractivity contribution is 7.18. The van der Waals surface area contributed by atoms with Crippen LogP contribution in [0.1, 0.15) is 22.1 Å². The van der Waals surface area contributed by atoms with Crippen LogP contribution in [-0.2, 0) is 17.8 Å². The molecule has 0 saturated carbocycles. The normalized spacial score (nSPS) is 16.6. The summed E-state index contributed by atoms with van der Waals surface area (Å²) in [5, 5.41) is 8.34. The summed E-state index contributed by atoms with van der Waals surface area (Å²) in [6.07, 6.45) is 3.79. The molecule has 3 aromatic heterocycles. The number of thiophene rings is 1. The van der Waals surface area contributed by atoms with E-state index in [1.807, 2.05) is 24.5 Å². The second kappa shape index (κ2) is 9.13. The fraction of sp³-hybridized carbons (Fsp3) is 0.269. The predicted molar refractivity (Wildman–Crippen MR) is 136 cm³/mol. The summed E-state index contributed by atoms with van der Waals surface area (Å²) in [7, 11) is 2.16. The average Bonchev–Trinajstić information content (AvgIpc) is 3.50. The van der Waals surface area contributed by atoms with Gasteiger partial charge in [0.15, 0.2) is 0 Å². The van der Waals surface area contributed by atoms with E-state index in [4.69, 9.17) is 14.7 Å². The largest absolute Gasteiger partial charge is 0.370 e. The molecule has 0 amide bonds. The summed E-state index contributed by atoms with van der Waals surface area (Å²) in [6.45, 7) is 3.94. The van der Waals surface area contributed by atoms with Crippen LogP contribution in [0.15, 0.2) is 67.0 Å². The van der Waals surface area contributed by atoms with Crippen molar-refractivity contribution in [1.82, 2.24) is 25.1 Å². The van der Waals surface area contributed by atoms with Crippen LogP contribution < -0.4 is 4.90 Å². The Labute approximate surface area is 202 Å². The lowest BCUT2D eigenvalue weighted by atomic mass is 10.0. The maximum atomic E-state index is 6.14. The molecule has 0 aliphatic carbocycles. The molecule has 1 aliphatic rings. The summed E-state index contributed by atoms with van der Waals surface area (Å²) in [5.74, 6) is 0.766. The number of fused-ring (bicyclic) bond motifs is 2. The lowest BCUT2D eigenvalue weighted by Gasteiger charge is -2.33. The molecule has 34 heavy (non-hydrogen) atoms. The van der Waals surface area contributed by atoms with Gasteiger partial charge in [-0.3, -0.25) is 10.00 Å². The van der Waals surface area contributed by atoms with E-state index < -0.39 is 0 Å². The minimum Gasteiger partial charge on any atom is -0.370 e. The second-order valence-electron chi connectivity index (χ2n) is 8.77. The zero-order valence-corrected chi connectivity index (χ0v) is 19.8. The Morgan fingerprint density at radius 1 is 1.12 bits per heavy atom. The molecule has 6 rings (SSSR count). The van der Waals surface area contributed by atoms with Gasteiger partial charge in [-0.2, -0.15) is 5.10 Å². The van der Waals surface area contributed by atoms with E-state index in [2.05, 4.69) is 69.5 Å². The fourth-order valence-electron chi connectivity index (χ4n) is 4.62. The molecule has 1 atom stereocenters. The van der Waals surface area contributed by atoms with Crippen molar-refractivity contribution in [3.05, 3.63) is 83.0 Å². The van der Waals surface area contributed by atoms with Gasteiger partial charge in [-0.15, -0.1) is 11.3 Å². The van der Waals surface area contributed by atoms with Crippen molar-refractivity contribution in [2.45, 2.75) is 19.2 Å². The Hall–Kier alpha value is -3.33. The molecule has 2 aromatic carbocycles. The van der Waals surface area contributed by atoms with E-state index in [1.165, 1.54) is 10.4 Å². The highest BCUT2D eigenvalue weighted by Gasteiger charge is 2.25. The number of hydrogen-bond acceptors (Lipinski definition) is 7. The number of aromatic amines is 1. The quantitative estimate of drug-likeness (QED) is 0.385. The Morgan fingerprint density at radius 2 is 2.03 bits per heavy atom. The molecule has 0 radical (unpaired) electrons. The van der Waals surface area contributed by atoms with Gasteiger partial charge in [-0.05, 0) is 30.3 Å². The molecule has 0 bridgehead atoms. The fourth-order valence-corrected chi connectivity index (χ4v) is 5.67. The first-order valence-corrected chi connectivity index (χ1v) is 12.3. The van der Waals surface area contributed by atoms with Crippen LogP contribution in [0.25, 0.3) is 21.1 Å². The molecule has 1 fully saturated rings. The third-order valence-corrected chi connectivity index (χ3v) is 7.29. The maximum absolute atomic E-state index is 6.14. The third-order valence-electron chi connectivity index (χ3n) is 6.24. The Bertz CT molecular complexity index is 1410. The van der Waals surface area contributed by atoms with E-state index in [0.717, 1.165) is 52.3 Å². The lowest BCUT2D eigenvalue weighted by Crippen LogP contribution is -2.39. The molecular formula is C26H26N6OS. The second-order valence-corrected chi connectivity index (χ2v) is 9.94. The SMILES string of the molecule is CN(Cc1ccccc1)Cc1cc2nc(N3CCOC(c4cccc5[nH]ncc45)C3)ncc2s1. The van der Waals surface area contributed by atoms with Crippen molar-refractivity contribution >= 4 is 38.4 Å². The number of nitrogens with one attached hydrogen (secondary N) is 1. The van der Waals surface area contributed by atoms with Crippen molar-refractivity contribution in [1.29, 1.82) is 0 Å². The molecular weight excluding hydrogens is 444 g/mol. The Balaban J connectivity index is 1.19. The number of morpholine rings is 1. The molecule has 0 spiro atoms. The topological polar surface area (TPSA) is 70.2 Å². The number of aromatic nitrogens is 4. The summed E-state index contributed by atoms with van der Waals surface area (Å²) < 4.78 is 7.26. The number of H-pyrrole nitrogens is 1. The number of rotatable bonds is 6. The molecule has 4 heterocycles. The number of hydrogen-bond donors (Lipinski definition) is 1. The van der Waals surface area contributed by atoms with Crippen LogP contribution in [0.5, 0.6) is 0 Å². The molecule has 7 nitrogen and oxygen atoms in total. The summed E-state index contributed by atoms with van der Waals surface area (Å²) in [4.78, 5) is 15.5. The average molecular weight is 471 g/mol. The van der Waals surface area contributed by atoms with Gasteiger partial charge in [0.25, 0.3) is 0 Å². The van der Waals surface area contributed by atoms with Crippen LogP contribution in [0, 0.1) is 0 Å². The number of benzene rings is 2. The van der Waals surface area contributed by atoms with E-state index in [0.29, 0.717) is 13.2 Å². The van der Waals surface area contributed by atoms with Crippen molar-refractivity contribution < 1.29 is 4.74 Å². The first kappa shape index (κ1) is 21.2. The number of nitrogens with zero attached hydrogens (tertiary/aromatic N) is 5. The van der Waals surface area contributed by atoms with Gasteiger partial charge in [0, 0.05) is 29.9 Å². The van der Waals surface area contributed by atoms with Gasteiger partial charge in [0.05, 0.1) is 41.3 Å². The van der Waals surface area contributed by atoms with Crippen LogP contribution in [0.4, 0.5) is 5.95 Å². The van der Waals surface area contributed by atoms with Gasteiger partial charge in [0.2, 0.25) is 5.95 Å². The lowest BCUT2D eigenvalue weighted by molar-refractivity contribution is 0.0402. The number of ether oxygens (including phenoxy) is 1. The van der Waals surface area contributed by atoms with Crippen molar-refractivity contribution in [2.75, 3.05) is 31.6 Å². The Kier molecular flexibility index (Phi) is 5.70. The van der Waals surface area contributed by atoms with Crippen LogP contribution >= 0.6 is 11.3 Å². The van der Waals surface area contributed by atoms with E-state index in [1.54, 1.807) is 11.3 Å².